The third-order valence-corrected chi connectivity index (χ3v) is 3.44. The van der Waals surface area contributed by atoms with Gasteiger partial charge in [0.15, 0.2) is 0 Å². The second-order valence-corrected chi connectivity index (χ2v) is 5.04. The lowest BCUT2D eigenvalue weighted by Crippen LogP contribution is -2.46. The van der Waals surface area contributed by atoms with Gasteiger partial charge in [-0.3, -0.25) is 9.59 Å². The molecule has 1 aromatic rings. The highest BCUT2D eigenvalue weighted by Gasteiger charge is 2.35. The highest BCUT2D eigenvalue weighted by molar-refractivity contribution is 5.82. The van der Waals surface area contributed by atoms with Gasteiger partial charge in [-0.25, -0.2) is 0 Å². The number of aliphatic carboxylic acids is 1. The Labute approximate surface area is 123 Å². The molecule has 0 aromatic heterocycles. The Kier molecular flexibility index (Phi) is 5.30. The molecule has 6 heteroatoms. The minimum absolute atomic E-state index is 0.125. The Hall–Kier alpha value is -1.92. The molecule has 0 radical (unpaired) electrons. The van der Waals surface area contributed by atoms with Crippen LogP contribution in [0.5, 0.6) is 0 Å². The molecule has 0 aliphatic carbocycles. The van der Waals surface area contributed by atoms with Gasteiger partial charge in [-0.1, -0.05) is 30.3 Å². The summed E-state index contributed by atoms with van der Waals surface area (Å²) in [6, 6.07) is 9.03. The van der Waals surface area contributed by atoms with E-state index in [0.717, 1.165) is 5.56 Å². The first-order valence-corrected chi connectivity index (χ1v) is 6.84. The van der Waals surface area contributed by atoms with Crippen LogP contribution in [0.25, 0.3) is 0 Å². The smallest absolute Gasteiger partial charge is 0.311 e. The average Bonchev–Trinajstić information content (AvgIpc) is 2.94. The van der Waals surface area contributed by atoms with Crippen molar-refractivity contribution in [3.8, 4) is 0 Å². The largest absolute Gasteiger partial charge is 0.481 e. The highest BCUT2D eigenvalue weighted by Crippen LogP contribution is 2.14. The van der Waals surface area contributed by atoms with Crippen molar-refractivity contribution in [2.45, 2.75) is 25.7 Å². The number of nitrogens with one attached hydrogen (secondary N) is 1. The molecular formula is C15H19NO5. The fraction of sp³-hybridized carbons (Fsp3) is 0.467. The van der Waals surface area contributed by atoms with Crippen molar-refractivity contribution in [1.29, 1.82) is 0 Å². The number of amides is 1. The Morgan fingerprint density at radius 2 is 2.10 bits per heavy atom. The van der Waals surface area contributed by atoms with Crippen molar-refractivity contribution in [3.63, 3.8) is 0 Å². The van der Waals surface area contributed by atoms with Gasteiger partial charge in [-0.05, 0) is 12.5 Å². The van der Waals surface area contributed by atoms with Gasteiger partial charge >= 0.3 is 5.97 Å². The maximum absolute atomic E-state index is 12.0. The lowest BCUT2D eigenvalue weighted by Gasteiger charge is -2.19. The van der Waals surface area contributed by atoms with Crippen molar-refractivity contribution in [3.05, 3.63) is 35.9 Å². The second kappa shape index (κ2) is 7.19. The van der Waals surface area contributed by atoms with Gasteiger partial charge < -0.3 is 19.9 Å². The Morgan fingerprint density at radius 1 is 1.38 bits per heavy atom. The number of benzene rings is 1. The first kappa shape index (κ1) is 15.5. The van der Waals surface area contributed by atoms with Crippen LogP contribution in [0, 0.1) is 5.92 Å². The van der Waals surface area contributed by atoms with Gasteiger partial charge in [0, 0.05) is 0 Å². The third kappa shape index (κ3) is 4.27. The standard InChI is InChI=1S/C15H19NO5/c1-10(21-7-11-5-3-2-4-6-11)14(17)16-13-9-20-8-12(13)15(18)19/h2-6,10,12-13H,7-9H2,1H3,(H,16,17)(H,18,19). The fourth-order valence-electron chi connectivity index (χ4n) is 2.11. The molecule has 21 heavy (non-hydrogen) atoms. The molecule has 1 aromatic carbocycles. The maximum Gasteiger partial charge on any atom is 0.311 e. The van der Waals surface area contributed by atoms with Crippen LogP contribution in [-0.4, -0.2) is 42.3 Å². The van der Waals surface area contributed by atoms with Crippen molar-refractivity contribution in [2.75, 3.05) is 13.2 Å². The molecule has 1 amide bonds. The summed E-state index contributed by atoms with van der Waals surface area (Å²) in [5.41, 5.74) is 0.977. The van der Waals surface area contributed by atoms with E-state index in [1.165, 1.54) is 0 Å². The summed E-state index contributed by atoms with van der Waals surface area (Å²) in [4.78, 5) is 23.0. The van der Waals surface area contributed by atoms with E-state index in [-0.39, 0.29) is 19.1 Å². The van der Waals surface area contributed by atoms with Crippen molar-refractivity contribution in [1.82, 2.24) is 5.32 Å². The molecule has 1 fully saturated rings. The molecular weight excluding hydrogens is 274 g/mol. The molecule has 114 valence electrons. The Morgan fingerprint density at radius 3 is 2.76 bits per heavy atom. The number of carbonyl (C=O) groups excluding carboxylic acids is 1. The van der Waals surface area contributed by atoms with Crippen LogP contribution in [0.3, 0.4) is 0 Å². The lowest BCUT2D eigenvalue weighted by atomic mass is 10.0. The van der Waals surface area contributed by atoms with Crippen LogP contribution in [0.4, 0.5) is 0 Å². The normalized spacial score (nSPS) is 22.7. The fourth-order valence-corrected chi connectivity index (χ4v) is 2.11. The zero-order valence-electron chi connectivity index (χ0n) is 11.8. The van der Waals surface area contributed by atoms with E-state index in [0.29, 0.717) is 6.61 Å². The summed E-state index contributed by atoms with van der Waals surface area (Å²) >= 11 is 0. The van der Waals surface area contributed by atoms with Crippen molar-refractivity contribution < 1.29 is 24.2 Å². The van der Waals surface area contributed by atoms with Crippen LogP contribution in [0.1, 0.15) is 12.5 Å². The van der Waals surface area contributed by atoms with Gasteiger partial charge in [0.1, 0.15) is 12.0 Å². The highest BCUT2D eigenvalue weighted by atomic mass is 16.5. The van der Waals surface area contributed by atoms with E-state index >= 15 is 0 Å². The quantitative estimate of drug-likeness (QED) is 0.810. The van der Waals surface area contributed by atoms with E-state index in [1.54, 1.807) is 6.92 Å². The number of rotatable bonds is 6. The summed E-state index contributed by atoms with van der Waals surface area (Å²) in [6.07, 6.45) is -0.653. The number of hydrogen-bond donors (Lipinski definition) is 2. The second-order valence-electron chi connectivity index (χ2n) is 5.04. The maximum atomic E-state index is 12.0. The molecule has 6 nitrogen and oxygen atoms in total. The number of carbonyl (C=O) groups is 2. The predicted molar refractivity (Wildman–Crippen MR) is 74.6 cm³/mol. The molecule has 3 atom stereocenters. The first-order chi connectivity index (χ1) is 10.1. The molecule has 2 N–H and O–H groups in total. The Bertz CT molecular complexity index is 490. The number of ether oxygens (including phenoxy) is 2. The number of carboxylic acids is 1. The van der Waals surface area contributed by atoms with Crippen LogP contribution < -0.4 is 5.32 Å². The van der Waals surface area contributed by atoms with Crippen LogP contribution in [0.15, 0.2) is 30.3 Å². The Balaban J connectivity index is 1.81. The third-order valence-electron chi connectivity index (χ3n) is 3.44. The summed E-state index contributed by atoms with van der Waals surface area (Å²) in [5, 5.41) is 11.7. The molecule has 1 aliphatic rings. The molecule has 0 bridgehead atoms. The molecule has 1 saturated heterocycles. The van der Waals surface area contributed by atoms with Gasteiger partial charge in [0.2, 0.25) is 5.91 Å². The monoisotopic (exact) mass is 293 g/mol. The molecule has 1 aliphatic heterocycles. The summed E-state index contributed by atoms with van der Waals surface area (Å²) in [7, 11) is 0. The minimum atomic E-state index is -0.962. The zero-order valence-corrected chi connectivity index (χ0v) is 11.8. The van der Waals surface area contributed by atoms with Gasteiger partial charge in [0.05, 0.1) is 25.9 Å². The lowest BCUT2D eigenvalue weighted by molar-refractivity contribution is -0.142. The number of hydrogen-bond acceptors (Lipinski definition) is 4. The van der Waals surface area contributed by atoms with Crippen LogP contribution >= 0.6 is 0 Å². The van der Waals surface area contributed by atoms with Gasteiger partial charge in [-0.2, -0.15) is 0 Å². The molecule has 0 spiro atoms. The van der Waals surface area contributed by atoms with E-state index in [4.69, 9.17) is 14.6 Å². The van der Waals surface area contributed by atoms with E-state index in [1.807, 2.05) is 30.3 Å². The van der Waals surface area contributed by atoms with Crippen molar-refractivity contribution in [2.24, 2.45) is 5.92 Å². The number of carboxylic acid groups (broad SMARTS) is 1. The first-order valence-electron chi connectivity index (χ1n) is 6.84. The molecule has 1 heterocycles. The summed E-state index contributed by atoms with van der Waals surface area (Å²) < 4.78 is 10.6. The van der Waals surface area contributed by atoms with Crippen LogP contribution in [-0.2, 0) is 25.7 Å². The SMILES string of the molecule is CC(OCc1ccccc1)C(=O)NC1COCC1C(=O)O. The molecule has 3 unspecified atom stereocenters. The zero-order chi connectivity index (χ0) is 15.2. The van der Waals surface area contributed by atoms with Gasteiger partial charge in [0.25, 0.3) is 0 Å². The molecule has 0 saturated carbocycles. The molecule has 2 rings (SSSR count). The summed E-state index contributed by atoms with van der Waals surface area (Å²) in [5.74, 6) is -1.99. The van der Waals surface area contributed by atoms with Crippen molar-refractivity contribution >= 4 is 11.9 Å². The topological polar surface area (TPSA) is 84.9 Å². The van der Waals surface area contributed by atoms with E-state index < -0.39 is 24.0 Å². The summed E-state index contributed by atoms with van der Waals surface area (Å²) in [6.45, 7) is 2.32. The van der Waals surface area contributed by atoms with E-state index in [2.05, 4.69) is 5.32 Å². The van der Waals surface area contributed by atoms with E-state index in [9.17, 15) is 9.59 Å². The average molecular weight is 293 g/mol. The van der Waals surface area contributed by atoms with Crippen LogP contribution in [0.2, 0.25) is 0 Å². The minimum Gasteiger partial charge on any atom is -0.481 e. The predicted octanol–water partition coefficient (Wildman–Crippen LogP) is 0.807. The van der Waals surface area contributed by atoms with Gasteiger partial charge in [-0.15, -0.1) is 0 Å².